The van der Waals surface area contributed by atoms with Crippen molar-refractivity contribution in [2.24, 2.45) is 5.41 Å². The lowest BCUT2D eigenvalue weighted by Crippen LogP contribution is -2.34. The number of ether oxygens (including phenoxy) is 1. The standard InChI is InChI=1S/C17H21FN2O4/c1-17(2,3)10-24-14-5-4-11(18)8-12(14)19-13-9-15(22)20(6-7-21)16(13)23/h4-5,8-9,19,21H,6-7,10H2,1-3H3. The Morgan fingerprint density at radius 3 is 2.62 bits per heavy atom. The van der Waals surface area contributed by atoms with Crippen molar-refractivity contribution in [3.05, 3.63) is 35.8 Å². The van der Waals surface area contributed by atoms with Crippen LogP contribution in [0.1, 0.15) is 20.8 Å². The van der Waals surface area contributed by atoms with Crippen LogP contribution in [0, 0.1) is 11.2 Å². The Morgan fingerprint density at radius 1 is 1.29 bits per heavy atom. The van der Waals surface area contributed by atoms with Crippen LogP contribution in [0.15, 0.2) is 30.0 Å². The van der Waals surface area contributed by atoms with E-state index >= 15 is 0 Å². The summed E-state index contributed by atoms with van der Waals surface area (Å²) >= 11 is 0. The number of hydrogen-bond acceptors (Lipinski definition) is 5. The zero-order valence-electron chi connectivity index (χ0n) is 13.9. The van der Waals surface area contributed by atoms with Crippen LogP contribution in [-0.2, 0) is 9.59 Å². The summed E-state index contributed by atoms with van der Waals surface area (Å²) in [4.78, 5) is 24.8. The minimum Gasteiger partial charge on any atom is -0.491 e. The molecule has 0 radical (unpaired) electrons. The molecule has 2 N–H and O–H groups in total. The van der Waals surface area contributed by atoms with Crippen molar-refractivity contribution >= 4 is 17.5 Å². The number of carbonyl (C=O) groups is 2. The molecule has 1 aromatic carbocycles. The van der Waals surface area contributed by atoms with E-state index in [1.807, 2.05) is 20.8 Å². The largest absolute Gasteiger partial charge is 0.491 e. The number of amides is 2. The molecule has 0 saturated carbocycles. The first-order valence-corrected chi connectivity index (χ1v) is 7.59. The summed E-state index contributed by atoms with van der Waals surface area (Å²) in [7, 11) is 0. The fourth-order valence-corrected chi connectivity index (χ4v) is 2.07. The number of aliphatic hydroxyl groups is 1. The van der Waals surface area contributed by atoms with E-state index in [1.165, 1.54) is 18.2 Å². The molecule has 130 valence electrons. The van der Waals surface area contributed by atoms with Crippen molar-refractivity contribution in [2.75, 3.05) is 25.1 Å². The lowest BCUT2D eigenvalue weighted by Gasteiger charge is -2.21. The predicted octanol–water partition coefficient (Wildman–Crippen LogP) is 1.91. The van der Waals surface area contributed by atoms with Gasteiger partial charge in [0.1, 0.15) is 17.3 Å². The van der Waals surface area contributed by atoms with Gasteiger partial charge in [-0.1, -0.05) is 20.8 Å². The number of nitrogens with zero attached hydrogens (tertiary/aromatic N) is 1. The first-order chi connectivity index (χ1) is 11.2. The predicted molar refractivity (Wildman–Crippen MR) is 86.9 cm³/mol. The molecule has 1 aromatic rings. The summed E-state index contributed by atoms with van der Waals surface area (Å²) in [5.74, 6) is -1.21. The minimum absolute atomic E-state index is 0.0136. The summed E-state index contributed by atoms with van der Waals surface area (Å²) in [5.41, 5.74) is 0.180. The molecule has 0 aliphatic carbocycles. The van der Waals surface area contributed by atoms with Crippen LogP contribution >= 0.6 is 0 Å². The van der Waals surface area contributed by atoms with E-state index in [2.05, 4.69) is 5.32 Å². The van der Waals surface area contributed by atoms with Gasteiger partial charge in [-0.25, -0.2) is 4.39 Å². The third kappa shape index (κ3) is 4.32. The lowest BCUT2D eigenvalue weighted by molar-refractivity contribution is -0.137. The van der Waals surface area contributed by atoms with Crippen molar-refractivity contribution in [3.63, 3.8) is 0 Å². The second-order valence-electron chi connectivity index (χ2n) is 6.69. The molecule has 24 heavy (non-hydrogen) atoms. The number of benzene rings is 1. The molecule has 0 aromatic heterocycles. The molecule has 0 saturated heterocycles. The topological polar surface area (TPSA) is 78.9 Å². The molecule has 0 unspecified atom stereocenters. The maximum atomic E-state index is 13.6. The second kappa shape index (κ2) is 7.00. The molecular formula is C17H21FN2O4. The van der Waals surface area contributed by atoms with E-state index in [-0.39, 0.29) is 30.0 Å². The van der Waals surface area contributed by atoms with Gasteiger partial charge in [0.25, 0.3) is 11.8 Å². The van der Waals surface area contributed by atoms with Gasteiger partial charge in [-0.05, 0) is 17.5 Å². The highest BCUT2D eigenvalue weighted by atomic mass is 19.1. The summed E-state index contributed by atoms with van der Waals surface area (Å²) < 4.78 is 19.3. The van der Waals surface area contributed by atoms with Crippen molar-refractivity contribution in [1.29, 1.82) is 0 Å². The zero-order valence-corrected chi connectivity index (χ0v) is 13.9. The van der Waals surface area contributed by atoms with Crippen molar-refractivity contribution in [1.82, 2.24) is 4.90 Å². The van der Waals surface area contributed by atoms with Gasteiger partial charge in [-0.15, -0.1) is 0 Å². The summed E-state index contributed by atoms with van der Waals surface area (Å²) in [5, 5.41) is 11.7. The second-order valence-corrected chi connectivity index (χ2v) is 6.69. The van der Waals surface area contributed by atoms with Gasteiger partial charge >= 0.3 is 0 Å². The Bertz CT molecular complexity index is 680. The third-order valence-electron chi connectivity index (χ3n) is 3.20. The van der Waals surface area contributed by atoms with Gasteiger partial charge in [-0.3, -0.25) is 14.5 Å². The smallest absolute Gasteiger partial charge is 0.277 e. The van der Waals surface area contributed by atoms with Crippen molar-refractivity contribution in [2.45, 2.75) is 20.8 Å². The molecular weight excluding hydrogens is 315 g/mol. The number of anilines is 1. The van der Waals surface area contributed by atoms with Crippen LogP contribution < -0.4 is 10.1 Å². The van der Waals surface area contributed by atoms with Gasteiger partial charge in [0.2, 0.25) is 0 Å². The average molecular weight is 336 g/mol. The maximum absolute atomic E-state index is 13.6. The van der Waals surface area contributed by atoms with Crippen LogP contribution in [0.5, 0.6) is 5.75 Å². The number of carbonyl (C=O) groups excluding carboxylic acids is 2. The first kappa shape index (κ1) is 17.9. The van der Waals surface area contributed by atoms with Gasteiger partial charge in [0.15, 0.2) is 0 Å². The molecule has 6 nitrogen and oxygen atoms in total. The van der Waals surface area contributed by atoms with Gasteiger partial charge < -0.3 is 15.2 Å². The lowest BCUT2D eigenvalue weighted by atomic mass is 9.99. The van der Waals surface area contributed by atoms with Crippen molar-refractivity contribution < 1.29 is 23.8 Å². The third-order valence-corrected chi connectivity index (χ3v) is 3.20. The Balaban J connectivity index is 2.20. The van der Waals surface area contributed by atoms with E-state index in [1.54, 1.807) is 0 Å². The molecule has 0 fully saturated rings. The molecule has 2 rings (SSSR count). The van der Waals surface area contributed by atoms with E-state index in [4.69, 9.17) is 9.84 Å². The van der Waals surface area contributed by atoms with Gasteiger partial charge in [0.05, 0.1) is 25.4 Å². The number of halogens is 1. The van der Waals surface area contributed by atoms with Crippen LogP contribution in [0.3, 0.4) is 0 Å². The highest BCUT2D eigenvalue weighted by Crippen LogP contribution is 2.29. The molecule has 0 bridgehead atoms. The quantitative estimate of drug-likeness (QED) is 0.776. The van der Waals surface area contributed by atoms with Crippen LogP contribution in [0.25, 0.3) is 0 Å². The number of imide groups is 1. The fraction of sp³-hybridized carbons (Fsp3) is 0.412. The highest BCUT2D eigenvalue weighted by molar-refractivity contribution is 6.17. The highest BCUT2D eigenvalue weighted by Gasteiger charge is 2.31. The number of β-amino-alcohol motifs (C(OH)–C–C–N with tert-alkyl or cyclic N) is 1. The monoisotopic (exact) mass is 336 g/mol. The Kier molecular flexibility index (Phi) is 5.23. The van der Waals surface area contributed by atoms with E-state index in [0.29, 0.717) is 12.4 Å². The van der Waals surface area contributed by atoms with Gasteiger partial charge in [0, 0.05) is 12.1 Å². The number of nitrogens with one attached hydrogen (secondary N) is 1. The normalized spacial score (nSPS) is 14.9. The molecule has 1 aliphatic rings. The van der Waals surface area contributed by atoms with E-state index in [0.717, 1.165) is 11.0 Å². The van der Waals surface area contributed by atoms with Crippen LogP contribution in [-0.4, -0.2) is 41.6 Å². The summed E-state index contributed by atoms with van der Waals surface area (Å²) in [6.07, 6.45) is 1.12. The Hall–Kier alpha value is -2.41. The zero-order chi connectivity index (χ0) is 17.9. The molecule has 1 aliphatic heterocycles. The molecule has 0 spiro atoms. The molecule has 2 amide bonds. The molecule has 0 atom stereocenters. The summed E-state index contributed by atoms with van der Waals surface area (Å²) in [6.45, 7) is 5.98. The van der Waals surface area contributed by atoms with Crippen molar-refractivity contribution in [3.8, 4) is 5.75 Å². The van der Waals surface area contributed by atoms with E-state index in [9.17, 15) is 14.0 Å². The number of hydrogen-bond donors (Lipinski definition) is 2. The Morgan fingerprint density at radius 2 is 2.00 bits per heavy atom. The summed E-state index contributed by atoms with van der Waals surface area (Å²) in [6, 6.07) is 3.93. The first-order valence-electron chi connectivity index (χ1n) is 7.59. The SMILES string of the molecule is CC(C)(C)COc1ccc(F)cc1NC1=CC(=O)N(CCO)C1=O. The minimum atomic E-state index is -0.569. The van der Waals surface area contributed by atoms with E-state index < -0.39 is 17.6 Å². The average Bonchev–Trinajstić information content (AvgIpc) is 2.73. The molecule has 1 heterocycles. The number of rotatable bonds is 6. The maximum Gasteiger partial charge on any atom is 0.277 e. The van der Waals surface area contributed by atoms with Crippen LogP contribution in [0.2, 0.25) is 0 Å². The van der Waals surface area contributed by atoms with Gasteiger partial charge in [-0.2, -0.15) is 0 Å². The molecule has 7 heteroatoms. The van der Waals surface area contributed by atoms with Crippen LogP contribution in [0.4, 0.5) is 10.1 Å². The number of aliphatic hydroxyl groups excluding tert-OH is 1. The Labute approximate surface area is 139 Å². The fourth-order valence-electron chi connectivity index (χ4n) is 2.07.